The molecule has 1 aliphatic rings. The van der Waals surface area contributed by atoms with Crippen LogP contribution in [0, 0.1) is 0 Å². The summed E-state index contributed by atoms with van der Waals surface area (Å²) in [4.78, 5) is 15.2. The molecular formula is C14H20BNO4. The summed E-state index contributed by atoms with van der Waals surface area (Å²) in [6, 6.07) is 1.67. The molecule has 108 valence electrons. The van der Waals surface area contributed by atoms with Gasteiger partial charge in [0.15, 0.2) is 0 Å². The predicted octanol–water partition coefficient (Wildman–Crippen LogP) is 1.22. The van der Waals surface area contributed by atoms with Gasteiger partial charge in [0.25, 0.3) is 0 Å². The van der Waals surface area contributed by atoms with Crippen molar-refractivity contribution in [2.45, 2.75) is 52.2 Å². The molecule has 5 nitrogen and oxygen atoms in total. The highest BCUT2D eigenvalue weighted by Crippen LogP contribution is 2.37. The molecule has 2 heterocycles. The van der Waals surface area contributed by atoms with Crippen molar-refractivity contribution >= 4 is 18.4 Å². The minimum Gasteiger partial charge on any atom is -0.507 e. The highest BCUT2D eigenvalue weighted by Gasteiger charge is 2.52. The summed E-state index contributed by atoms with van der Waals surface area (Å²) >= 11 is 0. The van der Waals surface area contributed by atoms with Gasteiger partial charge < -0.3 is 14.4 Å². The Labute approximate surface area is 119 Å². The van der Waals surface area contributed by atoms with E-state index in [1.165, 1.54) is 13.1 Å². The lowest BCUT2D eigenvalue weighted by Crippen LogP contribution is -2.41. The van der Waals surface area contributed by atoms with Crippen LogP contribution in [0.3, 0.4) is 0 Å². The number of pyridine rings is 1. The smallest absolute Gasteiger partial charge is 0.498 e. The van der Waals surface area contributed by atoms with Gasteiger partial charge in [-0.3, -0.25) is 9.78 Å². The first-order valence-corrected chi connectivity index (χ1v) is 6.65. The zero-order valence-electron chi connectivity index (χ0n) is 12.6. The van der Waals surface area contributed by atoms with E-state index in [9.17, 15) is 9.90 Å². The van der Waals surface area contributed by atoms with E-state index in [4.69, 9.17) is 9.31 Å². The van der Waals surface area contributed by atoms with Crippen LogP contribution < -0.4 is 5.46 Å². The van der Waals surface area contributed by atoms with Crippen molar-refractivity contribution in [3.8, 4) is 5.75 Å². The lowest BCUT2D eigenvalue weighted by molar-refractivity contribution is -0.116. The van der Waals surface area contributed by atoms with Gasteiger partial charge in [0.1, 0.15) is 11.5 Å². The van der Waals surface area contributed by atoms with Crippen LogP contribution in [0.1, 0.15) is 40.3 Å². The Morgan fingerprint density at radius 1 is 1.30 bits per heavy atom. The number of aromatic hydroxyl groups is 1. The number of aromatic nitrogens is 1. The number of ketones is 1. The Morgan fingerprint density at radius 3 is 2.35 bits per heavy atom. The van der Waals surface area contributed by atoms with Gasteiger partial charge in [-0.05, 0) is 40.7 Å². The molecule has 0 spiro atoms. The molecule has 1 fully saturated rings. The molecule has 1 aromatic heterocycles. The summed E-state index contributed by atoms with van der Waals surface area (Å²) in [7, 11) is -0.659. The average molecular weight is 277 g/mol. The van der Waals surface area contributed by atoms with Gasteiger partial charge in [0.2, 0.25) is 0 Å². The van der Waals surface area contributed by atoms with E-state index >= 15 is 0 Å². The quantitative estimate of drug-likeness (QED) is 0.841. The molecule has 0 unspecified atom stereocenters. The van der Waals surface area contributed by atoms with Gasteiger partial charge in [-0.1, -0.05) is 0 Å². The van der Waals surface area contributed by atoms with Crippen LogP contribution in [0.2, 0.25) is 0 Å². The van der Waals surface area contributed by atoms with Crippen molar-refractivity contribution in [2.24, 2.45) is 0 Å². The molecule has 0 aromatic carbocycles. The number of carbonyl (C=O) groups excluding carboxylic acids is 1. The fraction of sp³-hybridized carbons (Fsp3) is 0.571. The molecule has 0 atom stereocenters. The van der Waals surface area contributed by atoms with E-state index < -0.39 is 18.3 Å². The van der Waals surface area contributed by atoms with Gasteiger partial charge >= 0.3 is 7.12 Å². The molecule has 0 aliphatic carbocycles. The molecule has 6 heteroatoms. The van der Waals surface area contributed by atoms with E-state index in [1.54, 1.807) is 6.07 Å². The summed E-state index contributed by atoms with van der Waals surface area (Å²) < 4.78 is 11.8. The molecule has 0 radical (unpaired) electrons. The minimum absolute atomic E-state index is 0.0100. The molecule has 1 N–H and O–H groups in total. The topological polar surface area (TPSA) is 68.7 Å². The Morgan fingerprint density at radius 2 is 1.85 bits per heavy atom. The number of carbonyl (C=O) groups is 1. The lowest BCUT2D eigenvalue weighted by Gasteiger charge is -2.32. The third kappa shape index (κ3) is 2.71. The second-order valence-corrected chi connectivity index (χ2v) is 6.20. The number of hydrogen-bond donors (Lipinski definition) is 1. The van der Waals surface area contributed by atoms with Crippen LogP contribution in [-0.2, 0) is 20.5 Å². The Bertz CT molecular complexity index is 526. The molecule has 0 saturated carbocycles. The van der Waals surface area contributed by atoms with Gasteiger partial charge in [0, 0.05) is 17.6 Å². The van der Waals surface area contributed by atoms with E-state index in [1.807, 2.05) is 27.7 Å². The fourth-order valence-electron chi connectivity index (χ4n) is 2.02. The van der Waals surface area contributed by atoms with Crippen molar-refractivity contribution in [1.29, 1.82) is 0 Å². The standard InChI is InChI=1S/C14H20BNO4/c1-9(17)6-10-7-11(12(18)8-16-10)15-19-13(2,3)14(4,5)20-15/h7-8,18H,6H2,1-5H3. The first kappa shape index (κ1) is 15.0. The first-order valence-electron chi connectivity index (χ1n) is 6.65. The highest BCUT2D eigenvalue weighted by atomic mass is 16.7. The van der Waals surface area contributed by atoms with Crippen LogP contribution in [0.5, 0.6) is 5.75 Å². The molecule has 2 rings (SSSR count). The number of nitrogens with zero attached hydrogens (tertiary/aromatic N) is 1. The van der Waals surface area contributed by atoms with Gasteiger partial charge in [-0.15, -0.1) is 0 Å². The van der Waals surface area contributed by atoms with Crippen LogP contribution in [-0.4, -0.2) is 34.2 Å². The molecular weight excluding hydrogens is 257 g/mol. The fourth-order valence-corrected chi connectivity index (χ4v) is 2.02. The summed E-state index contributed by atoms with van der Waals surface area (Å²) in [6.45, 7) is 9.29. The Balaban J connectivity index is 2.32. The van der Waals surface area contributed by atoms with Crippen molar-refractivity contribution < 1.29 is 19.2 Å². The van der Waals surface area contributed by atoms with E-state index in [0.717, 1.165) is 0 Å². The number of hydrogen-bond acceptors (Lipinski definition) is 5. The van der Waals surface area contributed by atoms with Crippen molar-refractivity contribution in [3.05, 3.63) is 18.0 Å². The highest BCUT2D eigenvalue weighted by molar-refractivity contribution is 6.63. The summed E-state index contributed by atoms with van der Waals surface area (Å²) in [5, 5.41) is 9.96. The van der Waals surface area contributed by atoms with E-state index in [-0.39, 0.29) is 18.0 Å². The van der Waals surface area contributed by atoms with Gasteiger partial charge in [-0.2, -0.15) is 0 Å². The largest absolute Gasteiger partial charge is 0.507 e. The molecule has 1 saturated heterocycles. The maximum absolute atomic E-state index is 11.2. The zero-order chi connectivity index (χ0) is 15.1. The third-order valence-electron chi connectivity index (χ3n) is 3.91. The van der Waals surface area contributed by atoms with Gasteiger partial charge in [-0.25, -0.2) is 0 Å². The second kappa shape index (κ2) is 4.86. The maximum Gasteiger partial charge on any atom is 0.498 e. The second-order valence-electron chi connectivity index (χ2n) is 6.20. The Hall–Kier alpha value is -1.40. The van der Waals surface area contributed by atoms with Crippen LogP contribution in [0.25, 0.3) is 0 Å². The van der Waals surface area contributed by atoms with E-state index in [2.05, 4.69) is 4.98 Å². The molecule has 1 aliphatic heterocycles. The normalized spacial score (nSPS) is 20.1. The molecule has 1 aromatic rings. The number of Topliss-reactive ketones (excluding diaryl/α,β-unsaturated/α-hetero) is 1. The average Bonchev–Trinajstić information content (AvgIpc) is 2.50. The molecule has 20 heavy (non-hydrogen) atoms. The summed E-state index contributed by atoms with van der Waals surface area (Å²) in [6.07, 6.45) is 1.56. The molecule has 0 amide bonds. The summed E-state index contributed by atoms with van der Waals surface area (Å²) in [5.41, 5.74) is 0.150. The third-order valence-corrected chi connectivity index (χ3v) is 3.91. The molecule has 0 bridgehead atoms. The number of rotatable bonds is 3. The van der Waals surface area contributed by atoms with E-state index in [0.29, 0.717) is 11.2 Å². The van der Waals surface area contributed by atoms with Crippen molar-refractivity contribution in [2.75, 3.05) is 0 Å². The lowest BCUT2D eigenvalue weighted by atomic mass is 9.78. The predicted molar refractivity (Wildman–Crippen MR) is 76.0 cm³/mol. The minimum atomic E-state index is -0.659. The summed E-state index contributed by atoms with van der Waals surface area (Å²) in [5.74, 6) is 0.0267. The van der Waals surface area contributed by atoms with Crippen LogP contribution in [0.4, 0.5) is 0 Å². The monoisotopic (exact) mass is 277 g/mol. The van der Waals surface area contributed by atoms with Crippen LogP contribution in [0.15, 0.2) is 12.3 Å². The Kier molecular flexibility index (Phi) is 3.65. The van der Waals surface area contributed by atoms with Crippen LogP contribution >= 0.6 is 0 Å². The maximum atomic E-state index is 11.2. The van der Waals surface area contributed by atoms with Crippen molar-refractivity contribution in [3.63, 3.8) is 0 Å². The van der Waals surface area contributed by atoms with Gasteiger partial charge in [0.05, 0.1) is 17.4 Å². The zero-order valence-corrected chi connectivity index (χ0v) is 12.6. The van der Waals surface area contributed by atoms with Crippen molar-refractivity contribution in [1.82, 2.24) is 4.98 Å². The first-order chi connectivity index (χ1) is 9.12. The SMILES string of the molecule is CC(=O)Cc1cc(B2OC(C)(C)C(C)(C)O2)c(O)cn1.